The number of aryl methyl sites for hydroxylation is 1. The van der Waals surface area contributed by atoms with Gasteiger partial charge in [0.1, 0.15) is 19.8 Å². The number of rotatable bonds is 9. The second-order valence-electron chi connectivity index (χ2n) is 6.67. The van der Waals surface area contributed by atoms with Crippen LogP contribution in [0.5, 0.6) is 11.5 Å². The Bertz CT molecular complexity index is 931. The molecular formula is C21H26N2O5S. The van der Waals surface area contributed by atoms with Crippen molar-refractivity contribution in [2.45, 2.75) is 19.8 Å². The number of fused-ring (bicyclic) bond motifs is 1. The number of sulfonamides is 1. The van der Waals surface area contributed by atoms with Crippen molar-refractivity contribution in [1.29, 1.82) is 0 Å². The third kappa shape index (κ3) is 5.63. The fraction of sp³-hybridized carbons (Fsp3) is 0.381. The van der Waals surface area contributed by atoms with Gasteiger partial charge in [-0.3, -0.25) is 9.10 Å². The van der Waals surface area contributed by atoms with Crippen molar-refractivity contribution in [3.8, 4) is 11.5 Å². The van der Waals surface area contributed by atoms with Crippen LogP contribution in [0.15, 0.2) is 48.5 Å². The number of nitrogens with one attached hydrogen (secondary N) is 1. The molecule has 0 radical (unpaired) electrons. The van der Waals surface area contributed by atoms with Gasteiger partial charge in [0.15, 0.2) is 11.5 Å². The third-order valence-corrected chi connectivity index (χ3v) is 6.35. The predicted molar refractivity (Wildman–Crippen MR) is 112 cm³/mol. The van der Waals surface area contributed by atoms with Crippen LogP contribution >= 0.6 is 0 Å². The van der Waals surface area contributed by atoms with Gasteiger partial charge in [0, 0.05) is 12.6 Å². The number of hydrogen-bond donors (Lipinski definition) is 1. The van der Waals surface area contributed by atoms with E-state index in [1.165, 1.54) is 5.56 Å². The minimum atomic E-state index is -3.63. The molecule has 3 rings (SSSR count). The molecule has 0 unspecified atom stereocenters. The second-order valence-corrected chi connectivity index (χ2v) is 8.86. The van der Waals surface area contributed by atoms with E-state index in [1.807, 2.05) is 30.3 Å². The number of anilines is 1. The molecule has 1 N–H and O–H groups in total. The number of benzene rings is 2. The number of carbonyl (C=O) groups is 1. The van der Waals surface area contributed by atoms with Crippen molar-refractivity contribution in [2.24, 2.45) is 0 Å². The normalized spacial score (nSPS) is 13.0. The summed E-state index contributed by atoms with van der Waals surface area (Å²) >= 11 is 0. The maximum Gasteiger partial charge on any atom is 0.240 e. The Kier molecular flexibility index (Phi) is 6.98. The van der Waals surface area contributed by atoms with Gasteiger partial charge in [-0.15, -0.1) is 0 Å². The van der Waals surface area contributed by atoms with Crippen molar-refractivity contribution in [3.63, 3.8) is 0 Å². The molecular weight excluding hydrogens is 392 g/mol. The zero-order chi connectivity index (χ0) is 20.7. The van der Waals surface area contributed by atoms with Crippen LogP contribution < -0.4 is 19.1 Å². The summed E-state index contributed by atoms with van der Waals surface area (Å²) < 4.78 is 37.3. The molecule has 0 spiro atoms. The third-order valence-electron chi connectivity index (χ3n) is 4.61. The number of amides is 1. The van der Waals surface area contributed by atoms with Crippen LogP contribution in [-0.2, 0) is 21.2 Å². The molecule has 0 aliphatic carbocycles. The summed E-state index contributed by atoms with van der Waals surface area (Å²) in [6.45, 7) is 2.61. The minimum absolute atomic E-state index is 0.108. The summed E-state index contributed by atoms with van der Waals surface area (Å²) in [5.41, 5.74) is 1.59. The summed E-state index contributed by atoms with van der Waals surface area (Å²) in [5.74, 6) is 0.598. The molecule has 0 bridgehead atoms. The first-order valence-corrected chi connectivity index (χ1v) is 11.3. The highest BCUT2D eigenvalue weighted by atomic mass is 32.2. The average Bonchev–Trinajstić information content (AvgIpc) is 2.75. The Morgan fingerprint density at radius 1 is 1.07 bits per heavy atom. The van der Waals surface area contributed by atoms with Crippen molar-refractivity contribution in [1.82, 2.24) is 5.32 Å². The monoisotopic (exact) mass is 418 g/mol. The van der Waals surface area contributed by atoms with Gasteiger partial charge in [0.25, 0.3) is 0 Å². The van der Waals surface area contributed by atoms with Gasteiger partial charge < -0.3 is 14.8 Å². The number of carbonyl (C=O) groups excluding carboxylic acids is 1. The molecule has 0 saturated carbocycles. The fourth-order valence-electron chi connectivity index (χ4n) is 3.04. The SMILES string of the molecule is CCS(=O)(=O)N(CC(=O)NCCCc1ccccc1)c1ccc2c(c1)OCCO2. The average molecular weight is 419 g/mol. The van der Waals surface area contributed by atoms with Crippen molar-refractivity contribution in [2.75, 3.05) is 36.4 Å². The number of nitrogens with zero attached hydrogens (tertiary/aromatic N) is 1. The van der Waals surface area contributed by atoms with Crippen LogP contribution in [0.3, 0.4) is 0 Å². The maximum atomic E-state index is 12.6. The second kappa shape index (κ2) is 9.65. The topological polar surface area (TPSA) is 84.9 Å². The summed E-state index contributed by atoms with van der Waals surface area (Å²) in [6.07, 6.45) is 1.63. The number of hydrogen-bond acceptors (Lipinski definition) is 5. The van der Waals surface area contributed by atoms with E-state index in [1.54, 1.807) is 25.1 Å². The van der Waals surface area contributed by atoms with Gasteiger partial charge >= 0.3 is 0 Å². The van der Waals surface area contributed by atoms with E-state index in [-0.39, 0.29) is 18.2 Å². The standard InChI is InChI=1S/C21H26N2O5S/c1-2-29(25,26)23(18-10-11-19-20(15-18)28-14-13-27-19)16-21(24)22-12-6-9-17-7-4-3-5-8-17/h3-5,7-8,10-11,15H,2,6,9,12-14,16H2,1H3,(H,22,24). The molecule has 0 atom stereocenters. The predicted octanol–water partition coefficient (Wildman–Crippen LogP) is 2.36. The van der Waals surface area contributed by atoms with E-state index in [4.69, 9.17) is 9.47 Å². The van der Waals surface area contributed by atoms with Gasteiger partial charge in [-0.2, -0.15) is 0 Å². The van der Waals surface area contributed by atoms with Crippen LogP contribution in [-0.4, -0.2) is 46.4 Å². The van der Waals surface area contributed by atoms with Crippen LogP contribution in [0.25, 0.3) is 0 Å². The van der Waals surface area contributed by atoms with Crippen LogP contribution in [0.2, 0.25) is 0 Å². The molecule has 2 aromatic carbocycles. The Morgan fingerprint density at radius 3 is 2.52 bits per heavy atom. The first-order chi connectivity index (χ1) is 14.0. The molecule has 0 fully saturated rings. The molecule has 1 aliphatic heterocycles. The maximum absolute atomic E-state index is 12.6. The van der Waals surface area contributed by atoms with Gasteiger partial charge in [-0.25, -0.2) is 8.42 Å². The first-order valence-electron chi connectivity index (χ1n) is 9.70. The number of ether oxygens (including phenoxy) is 2. The molecule has 156 valence electrons. The van der Waals surface area contributed by atoms with E-state index >= 15 is 0 Å². The molecule has 2 aromatic rings. The molecule has 0 saturated heterocycles. The zero-order valence-electron chi connectivity index (χ0n) is 16.5. The fourth-order valence-corrected chi connectivity index (χ4v) is 4.10. The Labute approximate surface area is 171 Å². The minimum Gasteiger partial charge on any atom is -0.486 e. The molecule has 7 nitrogen and oxygen atoms in total. The van der Waals surface area contributed by atoms with E-state index in [0.717, 1.165) is 17.1 Å². The lowest BCUT2D eigenvalue weighted by Crippen LogP contribution is -2.41. The van der Waals surface area contributed by atoms with Gasteiger partial charge in [0.05, 0.1) is 11.4 Å². The van der Waals surface area contributed by atoms with Crippen LogP contribution in [0, 0.1) is 0 Å². The molecule has 1 amide bonds. The molecule has 1 heterocycles. The van der Waals surface area contributed by atoms with E-state index in [2.05, 4.69) is 5.32 Å². The van der Waals surface area contributed by atoms with E-state index in [9.17, 15) is 13.2 Å². The molecule has 8 heteroatoms. The highest BCUT2D eigenvalue weighted by molar-refractivity contribution is 7.92. The van der Waals surface area contributed by atoms with Gasteiger partial charge in [0.2, 0.25) is 15.9 Å². The molecule has 0 aromatic heterocycles. The lowest BCUT2D eigenvalue weighted by Gasteiger charge is -2.25. The highest BCUT2D eigenvalue weighted by Gasteiger charge is 2.25. The Morgan fingerprint density at radius 2 is 1.79 bits per heavy atom. The summed E-state index contributed by atoms with van der Waals surface area (Å²) in [6, 6.07) is 14.9. The van der Waals surface area contributed by atoms with E-state index < -0.39 is 10.0 Å². The van der Waals surface area contributed by atoms with Gasteiger partial charge in [-0.05, 0) is 37.5 Å². The lowest BCUT2D eigenvalue weighted by molar-refractivity contribution is -0.119. The Hall–Kier alpha value is -2.74. The smallest absolute Gasteiger partial charge is 0.240 e. The molecule has 29 heavy (non-hydrogen) atoms. The van der Waals surface area contributed by atoms with Crippen molar-refractivity contribution in [3.05, 3.63) is 54.1 Å². The quantitative estimate of drug-likeness (QED) is 0.632. The first kappa shape index (κ1) is 21.0. The summed E-state index contributed by atoms with van der Waals surface area (Å²) in [4.78, 5) is 12.4. The van der Waals surface area contributed by atoms with Crippen LogP contribution in [0.4, 0.5) is 5.69 Å². The Balaban J connectivity index is 1.62. The largest absolute Gasteiger partial charge is 0.486 e. The summed E-state index contributed by atoms with van der Waals surface area (Å²) in [5, 5.41) is 2.81. The summed E-state index contributed by atoms with van der Waals surface area (Å²) in [7, 11) is -3.63. The zero-order valence-corrected chi connectivity index (χ0v) is 17.3. The lowest BCUT2D eigenvalue weighted by atomic mass is 10.1. The highest BCUT2D eigenvalue weighted by Crippen LogP contribution is 2.34. The van der Waals surface area contributed by atoms with Crippen molar-refractivity contribution < 1.29 is 22.7 Å². The van der Waals surface area contributed by atoms with Crippen LogP contribution in [0.1, 0.15) is 18.9 Å². The van der Waals surface area contributed by atoms with E-state index in [0.29, 0.717) is 36.9 Å². The van der Waals surface area contributed by atoms with Crippen molar-refractivity contribution >= 4 is 21.6 Å². The van der Waals surface area contributed by atoms with Gasteiger partial charge in [-0.1, -0.05) is 30.3 Å². The molecule has 1 aliphatic rings.